The van der Waals surface area contributed by atoms with E-state index in [0.29, 0.717) is 12.0 Å². The maximum atomic E-state index is 12.4. The molecule has 4 nitrogen and oxygen atoms in total. The van der Waals surface area contributed by atoms with Gasteiger partial charge >= 0.3 is 0 Å². The fourth-order valence-corrected chi connectivity index (χ4v) is 3.32. The molecule has 0 bridgehead atoms. The lowest BCUT2D eigenvalue weighted by atomic mass is 10.1. The summed E-state index contributed by atoms with van der Waals surface area (Å²) in [5.74, 6) is 0.00493. The first kappa shape index (κ1) is 16.0. The predicted molar refractivity (Wildman–Crippen MR) is 99.9 cm³/mol. The number of hydrogen-bond acceptors (Lipinski definition) is 2. The standard InChI is InChI=1S/C18H17IN2O2/c1-12-11-14(19)6-9-16(12)20-18(23)13-4-7-15(8-5-13)21-10-2-3-17(21)22/h4-9,11H,2-3,10H2,1H3,(H,20,23). The topological polar surface area (TPSA) is 49.4 Å². The van der Waals surface area contributed by atoms with Crippen molar-refractivity contribution >= 4 is 45.8 Å². The fourth-order valence-electron chi connectivity index (χ4n) is 2.68. The van der Waals surface area contributed by atoms with Gasteiger partial charge in [-0.25, -0.2) is 0 Å². The SMILES string of the molecule is Cc1cc(I)ccc1NC(=O)c1ccc(N2CCCC2=O)cc1. The van der Waals surface area contributed by atoms with Gasteiger partial charge in [-0.3, -0.25) is 9.59 Å². The van der Waals surface area contributed by atoms with Crippen molar-refractivity contribution in [3.8, 4) is 0 Å². The number of nitrogens with one attached hydrogen (secondary N) is 1. The van der Waals surface area contributed by atoms with Crippen LogP contribution in [0.3, 0.4) is 0 Å². The van der Waals surface area contributed by atoms with E-state index in [-0.39, 0.29) is 11.8 Å². The first-order chi connectivity index (χ1) is 11.0. The van der Waals surface area contributed by atoms with Crippen molar-refractivity contribution in [3.63, 3.8) is 0 Å². The summed E-state index contributed by atoms with van der Waals surface area (Å²) < 4.78 is 1.14. The van der Waals surface area contributed by atoms with Crippen LogP contribution < -0.4 is 10.2 Å². The Morgan fingerprint density at radius 3 is 2.52 bits per heavy atom. The molecular formula is C18H17IN2O2. The molecular weight excluding hydrogens is 403 g/mol. The lowest BCUT2D eigenvalue weighted by molar-refractivity contribution is -0.117. The second-order valence-corrected chi connectivity index (χ2v) is 6.85. The van der Waals surface area contributed by atoms with Crippen molar-refractivity contribution in [2.45, 2.75) is 19.8 Å². The molecule has 1 heterocycles. The van der Waals surface area contributed by atoms with Gasteiger partial charge in [0.05, 0.1) is 0 Å². The van der Waals surface area contributed by atoms with Crippen LogP contribution >= 0.6 is 22.6 Å². The molecule has 0 radical (unpaired) electrons. The van der Waals surface area contributed by atoms with Crippen molar-refractivity contribution < 1.29 is 9.59 Å². The lowest BCUT2D eigenvalue weighted by Crippen LogP contribution is -2.23. The summed E-state index contributed by atoms with van der Waals surface area (Å²) in [7, 11) is 0. The molecule has 23 heavy (non-hydrogen) atoms. The molecule has 1 fully saturated rings. The molecule has 2 amide bonds. The van der Waals surface area contributed by atoms with Gasteiger partial charge in [0, 0.05) is 33.5 Å². The smallest absolute Gasteiger partial charge is 0.255 e. The van der Waals surface area contributed by atoms with E-state index in [1.54, 1.807) is 17.0 Å². The van der Waals surface area contributed by atoms with Crippen LogP contribution in [0.25, 0.3) is 0 Å². The maximum Gasteiger partial charge on any atom is 0.255 e. The van der Waals surface area contributed by atoms with E-state index in [9.17, 15) is 9.59 Å². The van der Waals surface area contributed by atoms with Gasteiger partial charge in [-0.05, 0) is 84.0 Å². The Labute approximate surface area is 149 Å². The van der Waals surface area contributed by atoms with Crippen LogP contribution in [0.1, 0.15) is 28.8 Å². The minimum absolute atomic E-state index is 0.145. The number of amides is 2. The summed E-state index contributed by atoms with van der Waals surface area (Å²) in [5.41, 5.74) is 3.28. The molecule has 2 aromatic rings. The number of hydrogen-bond donors (Lipinski definition) is 1. The third kappa shape index (κ3) is 3.55. The van der Waals surface area contributed by atoms with Crippen molar-refractivity contribution in [2.24, 2.45) is 0 Å². The highest BCUT2D eigenvalue weighted by Crippen LogP contribution is 2.23. The Balaban J connectivity index is 1.74. The molecule has 2 aromatic carbocycles. The van der Waals surface area contributed by atoms with E-state index in [0.717, 1.165) is 33.5 Å². The minimum atomic E-state index is -0.145. The van der Waals surface area contributed by atoms with E-state index in [2.05, 4.69) is 27.9 Å². The number of aryl methyl sites for hydroxylation is 1. The normalized spacial score (nSPS) is 14.2. The second-order valence-electron chi connectivity index (χ2n) is 5.61. The van der Waals surface area contributed by atoms with Crippen LogP contribution in [0.15, 0.2) is 42.5 Å². The van der Waals surface area contributed by atoms with Gasteiger partial charge in [0.2, 0.25) is 5.91 Å². The van der Waals surface area contributed by atoms with E-state index in [1.165, 1.54) is 0 Å². The van der Waals surface area contributed by atoms with Gasteiger partial charge in [0.1, 0.15) is 0 Å². The zero-order valence-electron chi connectivity index (χ0n) is 12.8. The molecule has 0 aromatic heterocycles. The molecule has 5 heteroatoms. The van der Waals surface area contributed by atoms with Crippen LogP contribution in [0.4, 0.5) is 11.4 Å². The highest BCUT2D eigenvalue weighted by molar-refractivity contribution is 14.1. The number of carbonyl (C=O) groups excluding carboxylic acids is 2. The Bertz CT molecular complexity index is 756. The number of nitrogens with zero attached hydrogens (tertiary/aromatic N) is 1. The van der Waals surface area contributed by atoms with Crippen LogP contribution in [0.5, 0.6) is 0 Å². The molecule has 3 rings (SSSR count). The molecule has 0 unspecified atom stereocenters. The van der Waals surface area contributed by atoms with E-state index < -0.39 is 0 Å². The van der Waals surface area contributed by atoms with Crippen molar-refractivity contribution in [1.29, 1.82) is 0 Å². The quantitative estimate of drug-likeness (QED) is 0.764. The van der Waals surface area contributed by atoms with Gasteiger partial charge in [-0.2, -0.15) is 0 Å². The first-order valence-electron chi connectivity index (χ1n) is 7.52. The highest BCUT2D eigenvalue weighted by Gasteiger charge is 2.21. The van der Waals surface area contributed by atoms with E-state index in [4.69, 9.17) is 0 Å². The number of halogens is 1. The molecule has 0 aliphatic carbocycles. The Morgan fingerprint density at radius 2 is 1.91 bits per heavy atom. The summed E-state index contributed by atoms with van der Waals surface area (Å²) >= 11 is 2.25. The number of carbonyl (C=O) groups is 2. The fraction of sp³-hybridized carbons (Fsp3) is 0.222. The summed E-state index contributed by atoms with van der Waals surface area (Å²) in [4.78, 5) is 25.9. The summed E-state index contributed by atoms with van der Waals surface area (Å²) in [6, 6.07) is 13.1. The molecule has 1 aliphatic rings. The third-order valence-electron chi connectivity index (χ3n) is 3.95. The van der Waals surface area contributed by atoms with Gasteiger partial charge in [0.15, 0.2) is 0 Å². The number of anilines is 2. The average molecular weight is 420 g/mol. The molecule has 1 N–H and O–H groups in total. The zero-order chi connectivity index (χ0) is 16.4. The molecule has 1 saturated heterocycles. The van der Waals surface area contributed by atoms with Gasteiger partial charge < -0.3 is 10.2 Å². The monoisotopic (exact) mass is 420 g/mol. The summed E-state index contributed by atoms with van der Waals surface area (Å²) in [6.45, 7) is 2.73. The third-order valence-corrected chi connectivity index (χ3v) is 4.62. The molecule has 118 valence electrons. The lowest BCUT2D eigenvalue weighted by Gasteiger charge is -2.16. The summed E-state index contributed by atoms with van der Waals surface area (Å²) in [5, 5.41) is 2.93. The number of benzene rings is 2. The predicted octanol–water partition coefficient (Wildman–Crippen LogP) is 3.98. The van der Waals surface area contributed by atoms with Crippen molar-refractivity contribution in [2.75, 3.05) is 16.8 Å². The van der Waals surface area contributed by atoms with Crippen molar-refractivity contribution in [3.05, 3.63) is 57.2 Å². The molecule has 0 atom stereocenters. The first-order valence-corrected chi connectivity index (χ1v) is 8.60. The zero-order valence-corrected chi connectivity index (χ0v) is 15.0. The summed E-state index contributed by atoms with van der Waals surface area (Å²) in [6.07, 6.45) is 1.50. The van der Waals surface area contributed by atoms with Gasteiger partial charge in [0.25, 0.3) is 5.91 Å². The maximum absolute atomic E-state index is 12.4. The molecule has 0 spiro atoms. The number of rotatable bonds is 3. The minimum Gasteiger partial charge on any atom is -0.322 e. The highest BCUT2D eigenvalue weighted by atomic mass is 127. The molecule has 0 saturated carbocycles. The van der Waals surface area contributed by atoms with Crippen LogP contribution in [-0.2, 0) is 4.79 Å². The Morgan fingerprint density at radius 1 is 1.17 bits per heavy atom. The molecule has 1 aliphatic heterocycles. The van der Waals surface area contributed by atoms with Crippen molar-refractivity contribution in [1.82, 2.24) is 0 Å². The van der Waals surface area contributed by atoms with Crippen LogP contribution in [0.2, 0.25) is 0 Å². The van der Waals surface area contributed by atoms with Crippen LogP contribution in [0, 0.1) is 10.5 Å². The van der Waals surface area contributed by atoms with Crippen LogP contribution in [-0.4, -0.2) is 18.4 Å². The Kier molecular flexibility index (Phi) is 4.66. The second kappa shape index (κ2) is 6.70. The van der Waals surface area contributed by atoms with E-state index >= 15 is 0 Å². The Hall–Kier alpha value is -1.89. The van der Waals surface area contributed by atoms with E-state index in [1.807, 2.05) is 37.3 Å². The average Bonchev–Trinajstić information content (AvgIpc) is 2.96. The van der Waals surface area contributed by atoms with Gasteiger partial charge in [-0.15, -0.1) is 0 Å². The van der Waals surface area contributed by atoms with Gasteiger partial charge in [-0.1, -0.05) is 0 Å². The largest absolute Gasteiger partial charge is 0.322 e.